The van der Waals surface area contributed by atoms with Crippen molar-refractivity contribution >= 4 is 29.1 Å². The molecule has 0 aliphatic carbocycles. The highest BCUT2D eigenvalue weighted by Gasteiger charge is 2.26. The van der Waals surface area contributed by atoms with E-state index in [4.69, 9.17) is 10.5 Å². The van der Waals surface area contributed by atoms with Crippen LogP contribution >= 0.6 is 0 Å². The molecule has 1 aliphatic rings. The van der Waals surface area contributed by atoms with E-state index in [1.807, 2.05) is 54.6 Å². The molecule has 1 saturated heterocycles. The molecule has 4 N–H and O–H groups in total. The molecule has 1 fully saturated rings. The standard InChI is InChI=1S/C25H26N4O3/c26-22-8-4-5-9-23(22)28-24(30)19-10-12-20(13-11-19)29-15-14-21(17-29)32-25(31)27-16-18-6-2-1-3-7-18/h1-13,21H,14-17,26H2,(H,27,31)(H,28,30). The summed E-state index contributed by atoms with van der Waals surface area (Å²) in [5, 5.41) is 5.62. The topological polar surface area (TPSA) is 96.7 Å². The fourth-order valence-corrected chi connectivity index (χ4v) is 3.65. The van der Waals surface area contributed by atoms with E-state index >= 15 is 0 Å². The van der Waals surface area contributed by atoms with Gasteiger partial charge in [-0.25, -0.2) is 4.79 Å². The smallest absolute Gasteiger partial charge is 0.407 e. The molecule has 4 rings (SSSR count). The van der Waals surface area contributed by atoms with Gasteiger partial charge in [0.15, 0.2) is 0 Å². The van der Waals surface area contributed by atoms with Gasteiger partial charge in [-0.3, -0.25) is 4.79 Å². The third-order valence-corrected chi connectivity index (χ3v) is 5.40. The van der Waals surface area contributed by atoms with Crippen LogP contribution < -0.4 is 21.3 Å². The van der Waals surface area contributed by atoms with Crippen molar-refractivity contribution in [1.29, 1.82) is 0 Å². The normalized spacial score (nSPS) is 15.2. The number of hydrogen-bond acceptors (Lipinski definition) is 5. The van der Waals surface area contributed by atoms with E-state index in [0.29, 0.717) is 30.0 Å². The summed E-state index contributed by atoms with van der Waals surface area (Å²) in [6, 6.07) is 24.2. The Hall–Kier alpha value is -4.00. The maximum atomic E-state index is 12.5. The molecule has 3 aromatic carbocycles. The lowest BCUT2D eigenvalue weighted by atomic mass is 10.1. The Balaban J connectivity index is 1.27. The fraction of sp³-hybridized carbons (Fsp3) is 0.200. The fourth-order valence-electron chi connectivity index (χ4n) is 3.65. The molecule has 0 spiro atoms. The molecular weight excluding hydrogens is 404 g/mol. The van der Waals surface area contributed by atoms with E-state index in [9.17, 15) is 9.59 Å². The molecule has 1 heterocycles. The Morgan fingerprint density at radius 1 is 0.969 bits per heavy atom. The molecule has 0 radical (unpaired) electrons. The Morgan fingerprint density at radius 2 is 1.69 bits per heavy atom. The molecule has 0 saturated carbocycles. The third kappa shape index (κ3) is 5.37. The number of nitrogens with one attached hydrogen (secondary N) is 2. The maximum absolute atomic E-state index is 12.5. The second kappa shape index (κ2) is 9.87. The predicted molar refractivity (Wildman–Crippen MR) is 126 cm³/mol. The van der Waals surface area contributed by atoms with Crippen LogP contribution in [0.3, 0.4) is 0 Å². The van der Waals surface area contributed by atoms with Crippen molar-refractivity contribution in [1.82, 2.24) is 5.32 Å². The van der Waals surface area contributed by atoms with Crippen molar-refractivity contribution in [2.75, 3.05) is 29.0 Å². The number of para-hydroxylation sites is 2. The number of carbonyl (C=O) groups is 2. The predicted octanol–water partition coefficient (Wildman–Crippen LogP) is 4.03. The van der Waals surface area contributed by atoms with Crippen molar-refractivity contribution in [2.45, 2.75) is 19.1 Å². The van der Waals surface area contributed by atoms with Gasteiger partial charge in [0.1, 0.15) is 6.10 Å². The maximum Gasteiger partial charge on any atom is 0.407 e. The van der Waals surface area contributed by atoms with Crippen molar-refractivity contribution in [3.05, 3.63) is 90.0 Å². The molecule has 7 heteroatoms. The van der Waals surface area contributed by atoms with Crippen LogP contribution in [0.2, 0.25) is 0 Å². The number of nitrogens with two attached hydrogens (primary N) is 1. The molecule has 0 aromatic heterocycles. The lowest BCUT2D eigenvalue weighted by molar-refractivity contribution is 0.102. The first-order valence-corrected chi connectivity index (χ1v) is 10.6. The van der Waals surface area contributed by atoms with Crippen molar-refractivity contribution in [3.63, 3.8) is 0 Å². The van der Waals surface area contributed by atoms with Gasteiger partial charge in [-0.1, -0.05) is 42.5 Å². The van der Waals surface area contributed by atoms with Crippen LogP contribution in [0.15, 0.2) is 78.9 Å². The quantitative estimate of drug-likeness (QED) is 0.513. The molecular formula is C25H26N4O3. The molecule has 3 aromatic rings. The molecule has 32 heavy (non-hydrogen) atoms. The number of amides is 2. The highest BCUT2D eigenvalue weighted by Crippen LogP contribution is 2.23. The van der Waals surface area contributed by atoms with Gasteiger partial charge in [0.25, 0.3) is 5.91 Å². The minimum Gasteiger partial charge on any atom is -0.444 e. The van der Waals surface area contributed by atoms with Gasteiger partial charge < -0.3 is 26.0 Å². The van der Waals surface area contributed by atoms with Crippen LogP contribution in [0.25, 0.3) is 0 Å². The minimum absolute atomic E-state index is 0.171. The number of ether oxygens (including phenoxy) is 1. The first-order chi connectivity index (χ1) is 15.6. The second-order valence-electron chi connectivity index (χ2n) is 7.69. The average molecular weight is 431 g/mol. The van der Waals surface area contributed by atoms with Gasteiger partial charge in [0, 0.05) is 30.8 Å². The Labute approximate surface area is 187 Å². The van der Waals surface area contributed by atoms with Crippen molar-refractivity contribution < 1.29 is 14.3 Å². The minimum atomic E-state index is -0.409. The van der Waals surface area contributed by atoms with Crippen molar-refractivity contribution in [3.8, 4) is 0 Å². The van der Waals surface area contributed by atoms with Crippen molar-refractivity contribution in [2.24, 2.45) is 0 Å². The van der Waals surface area contributed by atoms with Crippen LogP contribution in [-0.4, -0.2) is 31.2 Å². The molecule has 7 nitrogen and oxygen atoms in total. The van der Waals surface area contributed by atoms with Crippen LogP contribution in [0.1, 0.15) is 22.3 Å². The first-order valence-electron chi connectivity index (χ1n) is 10.6. The molecule has 0 bridgehead atoms. The first kappa shape index (κ1) is 21.2. The molecule has 1 unspecified atom stereocenters. The summed E-state index contributed by atoms with van der Waals surface area (Å²) in [6.07, 6.45) is 0.177. The van der Waals surface area contributed by atoms with Crippen LogP contribution in [0.4, 0.5) is 21.9 Å². The summed E-state index contributed by atoms with van der Waals surface area (Å²) in [5.74, 6) is -0.216. The molecule has 1 aliphatic heterocycles. The zero-order valence-corrected chi connectivity index (χ0v) is 17.7. The van der Waals surface area contributed by atoms with Gasteiger partial charge in [-0.05, 0) is 42.0 Å². The van der Waals surface area contributed by atoms with Gasteiger partial charge >= 0.3 is 6.09 Å². The van der Waals surface area contributed by atoms with Crippen LogP contribution in [0.5, 0.6) is 0 Å². The van der Waals surface area contributed by atoms with E-state index in [-0.39, 0.29) is 12.0 Å². The van der Waals surface area contributed by atoms with Gasteiger partial charge in [-0.2, -0.15) is 0 Å². The average Bonchev–Trinajstić information content (AvgIpc) is 3.28. The Bertz CT molecular complexity index is 1070. The summed E-state index contributed by atoms with van der Waals surface area (Å²) in [7, 11) is 0. The molecule has 164 valence electrons. The number of nitrogen functional groups attached to an aromatic ring is 1. The SMILES string of the molecule is Nc1ccccc1NC(=O)c1ccc(N2CCC(OC(=O)NCc3ccccc3)C2)cc1. The largest absolute Gasteiger partial charge is 0.444 e. The highest BCUT2D eigenvalue weighted by molar-refractivity contribution is 6.05. The lowest BCUT2D eigenvalue weighted by Crippen LogP contribution is -2.30. The third-order valence-electron chi connectivity index (χ3n) is 5.40. The van der Waals surface area contributed by atoms with E-state index in [2.05, 4.69) is 15.5 Å². The number of benzene rings is 3. The number of anilines is 3. The number of hydrogen-bond donors (Lipinski definition) is 3. The van der Waals surface area contributed by atoms with Gasteiger partial charge in [0.2, 0.25) is 0 Å². The van der Waals surface area contributed by atoms with E-state index in [1.54, 1.807) is 24.3 Å². The molecule has 1 atom stereocenters. The summed E-state index contributed by atoms with van der Waals surface area (Å²) in [6.45, 7) is 1.84. The van der Waals surface area contributed by atoms with Crippen LogP contribution in [0, 0.1) is 0 Å². The summed E-state index contributed by atoms with van der Waals surface area (Å²) in [5.41, 5.74) is 9.55. The Kier molecular flexibility index (Phi) is 6.55. The number of nitrogens with zero attached hydrogens (tertiary/aromatic N) is 1. The lowest BCUT2D eigenvalue weighted by Gasteiger charge is -2.19. The number of alkyl carbamates (subject to hydrolysis) is 1. The second-order valence-corrected chi connectivity index (χ2v) is 7.69. The van der Waals surface area contributed by atoms with E-state index < -0.39 is 6.09 Å². The van der Waals surface area contributed by atoms with E-state index in [1.165, 1.54) is 0 Å². The number of carbonyl (C=O) groups excluding carboxylic acids is 2. The molecule has 2 amide bonds. The van der Waals surface area contributed by atoms with Gasteiger partial charge in [0.05, 0.1) is 17.9 Å². The summed E-state index contributed by atoms with van der Waals surface area (Å²) >= 11 is 0. The van der Waals surface area contributed by atoms with Crippen LogP contribution in [-0.2, 0) is 11.3 Å². The van der Waals surface area contributed by atoms with Gasteiger partial charge in [-0.15, -0.1) is 0 Å². The monoisotopic (exact) mass is 430 g/mol. The zero-order valence-electron chi connectivity index (χ0n) is 17.7. The van der Waals surface area contributed by atoms with E-state index in [0.717, 1.165) is 24.2 Å². The Morgan fingerprint density at radius 3 is 2.44 bits per heavy atom. The summed E-state index contributed by atoms with van der Waals surface area (Å²) < 4.78 is 5.56. The zero-order chi connectivity index (χ0) is 22.3. The highest BCUT2D eigenvalue weighted by atomic mass is 16.6. The summed E-state index contributed by atoms with van der Waals surface area (Å²) in [4.78, 5) is 26.7. The number of rotatable bonds is 6.